The number of carbonyl (C=O) groups excluding carboxylic acids is 3. The highest BCUT2D eigenvalue weighted by molar-refractivity contribution is 5.93. The van der Waals surface area contributed by atoms with Crippen molar-refractivity contribution in [2.75, 3.05) is 36.8 Å². The third kappa shape index (κ3) is 5.46. The Morgan fingerprint density at radius 3 is 1.91 bits per heavy atom. The van der Waals surface area contributed by atoms with Crippen molar-refractivity contribution in [1.82, 2.24) is 9.80 Å². The predicted octanol–water partition coefficient (Wildman–Crippen LogP) is 3.81. The Bertz CT molecular complexity index is 927. The summed E-state index contributed by atoms with van der Waals surface area (Å²) in [6.45, 7) is 2.27. The van der Waals surface area contributed by atoms with Crippen LogP contribution < -0.4 is 10.6 Å². The quantitative estimate of drug-likeness (QED) is 0.768. The van der Waals surface area contributed by atoms with Gasteiger partial charge in [-0.2, -0.15) is 0 Å². The Kier molecular flexibility index (Phi) is 7.04. The standard InChI is InChI=1S/C25H30N4O3/c30-23(26-21-9-3-1-4-10-21)20-8-7-15-29(18-20)24(31)19-13-16-28(17-14-19)25(32)27-22-11-5-2-6-12-22/h1-6,9-12,19-20H,7-8,13-18H2,(H,26,30)(H,27,32). The van der Waals surface area contributed by atoms with E-state index < -0.39 is 0 Å². The zero-order valence-corrected chi connectivity index (χ0v) is 18.2. The van der Waals surface area contributed by atoms with Crippen molar-refractivity contribution in [3.05, 3.63) is 60.7 Å². The van der Waals surface area contributed by atoms with E-state index in [0.717, 1.165) is 24.2 Å². The number of nitrogens with zero attached hydrogens (tertiary/aromatic N) is 2. The molecule has 2 aromatic carbocycles. The highest BCUT2D eigenvalue weighted by Crippen LogP contribution is 2.25. The Morgan fingerprint density at radius 2 is 1.28 bits per heavy atom. The lowest BCUT2D eigenvalue weighted by Gasteiger charge is -2.37. The van der Waals surface area contributed by atoms with Gasteiger partial charge in [-0.1, -0.05) is 36.4 Å². The van der Waals surface area contributed by atoms with Gasteiger partial charge in [0.15, 0.2) is 0 Å². The van der Waals surface area contributed by atoms with E-state index in [1.807, 2.05) is 65.6 Å². The van der Waals surface area contributed by atoms with E-state index in [4.69, 9.17) is 0 Å². The van der Waals surface area contributed by atoms with Crippen molar-refractivity contribution in [2.24, 2.45) is 11.8 Å². The molecule has 4 rings (SSSR count). The first-order valence-electron chi connectivity index (χ1n) is 11.4. The Labute approximate surface area is 188 Å². The van der Waals surface area contributed by atoms with Crippen LogP contribution in [0.15, 0.2) is 60.7 Å². The maximum Gasteiger partial charge on any atom is 0.321 e. The molecule has 0 radical (unpaired) electrons. The van der Waals surface area contributed by atoms with Gasteiger partial charge in [-0.25, -0.2) is 4.79 Å². The molecule has 1 unspecified atom stereocenters. The number of amides is 4. The largest absolute Gasteiger partial charge is 0.342 e. The minimum atomic E-state index is -0.190. The second-order valence-electron chi connectivity index (χ2n) is 8.54. The monoisotopic (exact) mass is 434 g/mol. The van der Waals surface area contributed by atoms with E-state index in [-0.39, 0.29) is 29.7 Å². The molecule has 0 spiro atoms. The van der Waals surface area contributed by atoms with E-state index in [1.165, 1.54) is 0 Å². The van der Waals surface area contributed by atoms with E-state index in [9.17, 15) is 14.4 Å². The van der Waals surface area contributed by atoms with Crippen LogP contribution in [0.25, 0.3) is 0 Å². The number of carbonyl (C=O) groups is 3. The fraction of sp³-hybridized carbons (Fsp3) is 0.400. The van der Waals surface area contributed by atoms with Gasteiger partial charge < -0.3 is 20.4 Å². The fourth-order valence-corrected chi connectivity index (χ4v) is 4.47. The van der Waals surface area contributed by atoms with Gasteiger partial charge in [0.05, 0.1) is 5.92 Å². The van der Waals surface area contributed by atoms with Gasteiger partial charge in [0, 0.05) is 43.5 Å². The number of hydrogen-bond acceptors (Lipinski definition) is 3. The van der Waals surface area contributed by atoms with Crippen LogP contribution in [0.3, 0.4) is 0 Å². The van der Waals surface area contributed by atoms with Crippen LogP contribution in [0.1, 0.15) is 25.7 Å². The first-order valence-corrected chi connectivity index (χ1v) is 11.4. The normalized spacial score (nSPS) is 19.3. The second-order valence-corrected chi connectivity index (χ2v) is 8.54. The molecule has 2 saturated heterocycles. The van der Waals surface area contributed by atoms with Crippen molar-refractivity contribution in [2.45, 2.75) is 25.7 Å². The van der Waals surface area contributed by atoms with Crippen molar-refractivity contribution >= 4 is 29.2 Å². The zero-order valence-electron chi connectivity index (χ0n) is 18.2. The van der Waals surface area contributed by atoms with Crippen LogP contribution in [0.2, 0.25) is 0 Å². The molecule has 168 valence electrons. The van der Waals surface area contributed by atoms with E-state index >= 15 is 0 Å². The molecule has 0 saturated carbocycles. The van der Waals surface area contributed by atoms with E-state index in [0.29, 0.717) is 39.0 Å². The number of benzene rings is 2. The summed E-state index contributed by atoms with van der Waals surface area (Å²) in [5.41, 5.74) is 1.55. The SMILES string of the molecule is O=C(Nc1ccccc1)C1CCCN(C(=O)C2CCN(C(=O)Nc3ccccc3)CC2)C1. The first kappa shape index (κ1) is 21.9. The average Bonchev–Trinajstić information content (AvgIpc) is 2.85. The predicted molar refractivity (Wildman–Crippen MR) is 124 cm³/mol. The van der Waals surface area contributed by atoms with Crippen LogP contribution in [0, 0.1) is 11.8 Å². The highest BCUT2D eigenvalue weighted by atomic mass is 16.2. The molecule has 7 nitrogen and oxygen atoms in total. The molecular formula is C25H30N4O3. The van der Waals surface area contributed by atoms with Crippen LogP contribution in [-0.4, -0.2) is 53.8 Å². The molecule has 2 heterocycles. The molecule has 0 bridgehead atoms. The maximum atomic E-state index is 13.1. The van der Waals surface area contributed by atoms with Gasteiger partial charge in [0.25, 0.3) is 0 Å². The molecule has 2 aliphatic heterocycles. The smallest absolute Gasteiger partial charge is 0.321 e. The molecule has 0 aliphatic carbocycles. The third-order valence-electron chi connectivity index (χ3n) is 6.30. The van der Waals surface area contributed by atoms with E-state index in [2.05, 4.69) is 10.6 Å². The lowest BCUT2D eigenvalue weighted by Crippen LogP contribution is -2.49. The molecule has 7 heteroatoms. The summed E-state index contributed by atoms with van der Waals surface area (Å²) in [5, 5.41) is 5.87. The third-order valence-corrected chi connectivity index (χ3v) is 6.30. The number of anilines is 2. The number of rotatable bonds is 4. The van der Waals surface area contributed by atoms with Crippen LogP contribution in [-0.2, 0) is 9.59 Å². The molecule has 2 N–H and O–H groups in total. The van der Waals surface area contributed by atoms with Crippen molar-refractivity contribution in [3.8, 4) is 0 Å². The van der Waals surface area contributed by atoms with Crippen molar-refractivity contribution in [3.63, 3.8) is 0 Å². The minimum Gasteiger partial charge on any atom is -0.342 e. The number of likely N-dealkylation sites (tertiary alicyclic amines) is 2. The maximum absolute atomic E-state index is 13.1. The number of urea groups is 1. The number of para-hydroxylation sites is 2. The number of nitrogens with one attached hydrogen (secondary N) is 2. The molecule has 32 heavy (non-hydrogen) atoms. The Hall–Kier alpha value is -3.35. The van der Waals surface area contributed by atoms with Gasteiger partial charge in [-0.15, -0.1) is 0 Å². The lowest BCUT2D eigenvalue weighted by molar-refractivity contribution is -0.139. The molecule has 2 aliphatic rings. The molecule has 0 aromatic heterocycles. The van der Waals surface area contributed by atoms with Crippen molar-refractivity contribution in [1.29, 1.82) is 0 Å². The summed E-state index contributed by atoms with van der Waals surface area (Å²) in [4.78, 5) is 41.9. The zero-order chi connectivity index (χ0) is 22.3. The van der Waals surface area contributed by atoms with Crippen molar-refractivity contribution < 1.29 is 14.4 Å². The molecular weight excluding hydrogens is 404 g/mol. The summed E-state index contributed by atoms with van der Waals surface area (Å²) in [7, 11) is 0. The van der Waals surface area contributed by atoms with Crippen LogP contribution in [0.4, 0.5) is 16.2 Å². The topological polar surface area (TPSA) is 81.8 Å². The Balaban J connectivity index is 1.26. The van der Waals surface area contributed by atoms with Gasteiger partial charge in [-0.3, -0.25) is 9.59 Å². The van der Waals surface area contributed by atoms with Gasteiger partial charge >= 0.3 is 6.03 Å². The Morgan fingerprint density at radius 1 is 0.688 bits per heavy atom. The summed E-state index contributed by atoms with van der Waals surface area (Å²) >= 11 is 0. The molecule has 1 atom stereocenters. The average molecular weight is 435 g/mol. The summed E-state index contributed by atoms with van der Waals surface area (Å²) in [6, 6.07) is 18.7. The highest BCUT2D eigenvalue weighted by Gasteiger charge is 2.34. The van der Waals surface area contributed by atoms with Crippen LogP contribution in [0.5, 0.6) is 0 Å². The summed E-state index contributed by atoms with van der Waals surface area (Å²) in [5.74, 6) is -0.192. The molecule has 2 aromatic rings. The van der Waals surface area contributed by atoms with E-state index in [1.54, 1.807) is 4.90 Å². The van der Waals surface area contributed by atoms with Gasteiger partial charge in [0.2, 0.25) is 11.8 Å². The second kappa shape index (κ2) is 10.3. The summed E-state index contributed by atoms with van der Waals surface area (Å²) in [6.07, 6.45) is 2.92. The summed E-state index contributed by atoms with van der Waals surface area (Å²) < 4.78 is 0. The number of piperidine rings is 2. The van der Waals surface area contributed by atoms with Gasteiger partial charge in [0.1, 0.15) is 0 Å². The molecule has 4 amide bonds. The van der Waals surface area contributed by atoms with Crippen LogP contribution >= 0.6 is 0 Å². The molecule has 2 fully saturated rings. The minimum absolute atomic E-state index is 0.0268. The first-order chi connectivity index (χ1) is 15.6. The lowest BCUT2D eigenvalue weighted by atomic mass is 9.92. The number of hydrogen-bond donors (Lipinski definition) is 2. The van der Waals surface area contributed by atoms with Gasteiger partial charge in [-0.05, 0) is 49.9 Å². The fourth-order valence-electron chi connectivity index (χ4n) is 4.47.